The molecule has 0 saturated carbocycles. The van der Waals surface area contributed by atoms with Gasteiger partial charge in [-0.1, -0.05) is 28.1 Å². The van der Waals surface area contributed by atoms with Gasteiger partial charge in [-0.3, -0.25) is 0 Å². The normalized spacial score (nSPS) is 15.8. The van der Waals surface area contributed by atoms with Crippen LogP contribution in [-0.4, -0.2) is 19.7 Å². The van der Waals surface area contributed by atoms with Gasteiger partial charge in [0.2, 0.25) is 0 Å². The molecule has 1 aliphatic rings. The van der Waals surface area contributed by atoms with Crippen molar-refractivity contribution >= 4 is 39.1 Å². The van der Waals surface area contributed by atoms with E-state index in [0.29, 0.717) is 5.92 Å². The van der Waals surface area contributed by atoms with E-state index in [2.05, 4.69) is 57.6 Å². The molecule has 0 atom stereocenters. The number of nitrogens with one attached hydrogen (secondary N) is 1. The molecule has 1 aliphatic heterocycles. The number of rotatable bonds is 3. The topological polar surface area (TPSA) is 21.3 Å². The van der Waals surface area contributed by atoms with Crippen molar-refractivity contribution in [2.24, 2.45) is 5.92 Å². The summed E-state index contributed by atoms with van der Waals surface area (Å²) in [4.78, 5) is 0. The lowest BCUT2D eigenvalue weighted by atomic mass is 9.99. The van der Waals surface area contributed by atoms with Crippen LogP contribution >= 0.6 is 28.3 Å². The van der Waals surface area contributed by atoms with E-state index >= 15 is 0 Å². The van der Waals surface area contributed by atoms with Crippen LogP contribution in [0.25, 0.3) is 10.8 Å². The Labute approximate surface area is 134 Å². The quantitative estimate of drug-likeness (QED) is 0.880. The fourth-order valence-electron chi connectivity index (χ4n) is 2.55. The van der Waals surface area contributed by atoms with Gasteiger partial charge in [0.05, 0.1) is 6.61 Å². The van der Waals surface area contributed by atoms with Crippen molar-refractivity contribution in [2.45, 2.75) is 12.8 Å². The molecule has 4 heteroatoms. The third-order valence-electron chi connectivity index (χ3n) is 3.72. The predicted octanol–water partition coefficient (Wildman–Crippen LogP) is 4.40. The molecule has 2 aromatic carbocycles. The maximum Gasteiger partial charge on any atom is 0.119 e. The fraction of sp³-hybridized carbons (Fsp3) is 0.375. The number of halogens is 2. The summed E-state index contributed by atoms with van der Waals surface area (Å²) in [5.41, 5.74) is 0. The molecule has 0 amide bonds. The summed E-state index contributed by atoms with van der Waals surface area (Å²) in [5.74, 6) is 1.68. The van der Waals surface area contributed by atoms with Gasteiger partial charge in [-0.05, 0) is 66.9 Å². The van der Waals surface area contributed by atoms with E-state index in [4.69, 9.17) is 4.74 Å². The van der Waals surface area contributed by atoms with Crippen molar-refractivity contribution in [1.82, 2.24) is 5.32 Å². The molecule has 0 spiro atoms. The average Bonchev–Trinajstić information content (AvgIpc) is 2.46. The van der Waals surface area contributed by atoms with Crippen molar-refractivity contribution < 1.29 is 4.74 Å². The smallest absolute Gasteiger partial charge is 0.119 e. The minimum Gasteiger partial charge on any atom is -0.493 e. The van der Waals surface area contributed by atoms with Crippen LogP contribution < -0.4 is 10.1 Å². The second-order valence-corrected chi connectivity index (χ2v) is 6.07. The number of hydrogen-bond donors (Lipinski definition) is 1. The molecule has 2 aromatic rings. The molecule has 1 fully saturated rings. The molecule has 1 N–H and O–H groups in total. The van der Waals surface area contributed by atoms with Gasteiger partial charge in [-0.25, -0.2) is 0 Å². The molecule has 2 nitrogen and oxygen atoms in total. The first kappa shape index (κ1) is 15.6. The van der Waals surface area contributed by atoms with E-state index in [1.807, 2.05) is 0 Å². The lowest BCUT2D eigenvalue weighted by Crippen LogP contribution is -2.30. The van der Waals surface area contributed by atoms with E-state index < -0.39 is 0 Å². The first-order valence-electron chi connectivity index (χ1n) is 6.84. The van der Waals surface area contributed by atoms with Gasteiger partial charge >= 0.3 is 0 Å². The minimum absolute atomic E-state index is 0. The first-order chi connectivity index (χ1) is 9.31. The van der Waals surface area contributed by atoms with Gasteiger partial charge in [0.1, 0.15) is 5.75 Å². The number of piperidine rings is 1. The van der Waals surface area contributed by atoms with Gasteiger partial charge in [-0.2, -0.15) is 0 Å². The average molecular weight is 357 g/mol. The largest absolute Gasteiger partial charge is 0.493 e. The Morgan fingerprint density at radius 2 is 1.75 bits per heavy atom. The SMILES string of the molecule is Brc1ccc2cc(OCC3CCNCC3)ccc2c1.Cl. The summed E-state index contributed by atoms with van der Waals surface area (Å²) >= 11 is 3.50. The molecule has 108 valence electrons. The number of ether oxygens (including phenoxy) is 1. The Morgan fingerprint density at radius 3 is 2.55 bits per heavy atom. The highest BCUT2D eigenvalue weighted by Gasteiger charge is 2.13. The van der Waals surface area contributed by atoms with E-state index in [-0.39, 0.29) is 12.4 Å². The zero-order valence-electron chi connectivity index (χ0n) is 11.3. The summed E-state index contributed by atoms with van der Waals surface area (Å²) in [5, 5.41) is 5.85. The first-order valence-corrected chi connectivity index (χ1v) is 7.63. The summed E-state index contributed by atoms with van der Waals surface area (Å²) in [7, 11) is 0. The van der Waals surface area contributed by atoms with Crippen LogP contribution in [0.4, 0.5) is 0 Å². The molecular formula is C16H19BrClNO. The lowest BCUT2D eigenvalue weighted by molar-refractivity contribution is 0.215. The third kappa shape index (κ3) is 3.87. The Morgan fingerprint density at radius 1 is 1.05 bits per heavy atom. The van der Waals surface area contributed by atoms with E-state index in [1.165, 1.54) is 23.6 Å². The Bertz CT molecular complexity index is 569. The molecule has 0 aromatic heterocycles. The maximum atomic E-state index is 5.94. The van der Waals surface area contributed by atoms with Crippen molar-refractivity contribution in [2.75, 3.05) is 19.7 Å². The maximum absolute atomic E-state index is 5.94. The van der Waals surface area contributed by atoms with E-state index in [0.717, 1.165) is 29.9 Å². The Kier molecular flexibility index (Phi) is 5.70. The molecule has 0 aliphatic carbocycles. The second-order valence-electron chi connectivity index (χ2n) is 5.16. The van der Waals surface area contributed by atoms with E-state index in [1.54, 1.807) is 0 Å². The summed E-state index contributed by atoms with van der Waals surface area (Å²) in [6.07, 6.45) is 2.45. The summed E-state index contributed by atoms with van der Waals surface area (Å²) in [6, 6.07) is 12.6. The number of fused-ring (bicyclic) bond motifs is 1. The van der Waals surface area contributed by atoms with Crippen molar-refractivity contribution in [3.8, 4) is 5.75 Å². The highest BCUT2D eigenvalue weighted by atomic mass is 79.9. The van der Waals surface area contributed by atoms with Crippen LogP contribution in [0.2, 0.25) is 0 Å². The van der Waals surface area contributed by atoms with Crippen molar-refractivity contribution in [3.05, 3.63) is 40.9 Å². The Hall–Kier alpha value is -0.770. The van der Waals surface area contributed by atoms with Crippen LogP contribution in [0.3, 0.4) is 0 Å². The highest BCUT2D eigenvalue weighted by molar-refractivity contribution is 9.10. The predicted molar refractivity (Wildman–Crippen MR) is 90.0 cm³/mol. The molecule has 1 heterocycles. The molecule has 3 rings (SSSR count). The van der Waals surface area contributed by atoms with E-state index in [9.17, 15) is 0 Å². The highest BCUT2D eigenvalue weighted by Crippen LogP contribution is 2.25. The van der Waals surface area contributed by atoms with Crippen LogP contribution in [0.5, 0.6) is 5.75 Å². The van der Waals surface area contributed by atoms with Gasteiger partial charge in [0, 0.05) is 4.47 Å². The Balaban J connectivity index is 0.00000147. The molecule has 1 saturated heterocycles. The fourth-order valence-corrected chi connectivity index (χ4v) is 2.93. The van der Waals surface area contributed by atoms with Crippen LogP contribution in [0.1, 0.15) is 12.8 Å². The van der Waals surface area contributed by atoms with Gasteiger partial charge in [0.25, 0.3) is 0 Å². The monoisotopic (exact) mass is 355 g/mol. The zero-order valence-corrected chi connectivity index (χ0v) is 13.7. The van der Waals surface area contributed by atoms with Crippen LogP contribution in [0.15, 0.2) is 40.9 Å². The number of benzene rings is 2. The van der Waals surface area contributed by atoms with Gasteiger partial charge < -0.3 is 10.1 Å². The molecule has 0 unspecified atom stereocenters. The van der Waals surface area contributed by atoms with Crippen molar-refractivity contribution in [3.63, 3.8) is 0 Å². The van der Waals surface area contributed by atoms with Crippen LogP contribution in [0, 0.1) is 5.92 Å². The second kappa shape index (κ2) is 7.30. The molecule has 0 radical (unpaired) electrons. The third-order valence-corrected chi connectivity index (χ3v) is 4.21. The molecular weight excluding hydrogens is 338 g/mol. The molecule has 20 heavy (non-hydrogen) atoms. The number of hydrogen-bond acceptors (Lipinski definition) is 2. The van der Waals surface area contributed by atoms with Crippen LogP contribution in [-0.2, 0) is 0 Å². The van der Waals surface area contributed by atoms with Gasteiger partial charge in [-0.15, -0.1) is 12.4 Å². The summed E-state index contributed by atoms with van der Waals surface area (Å²) < 4.78 is 7.06. The van der Waals surface area contributed by atoms with Crippen molar-refractivity contribution in [1.29, 1.82) is 0 Å². The minimum atomic E-state index is 0. The standard InChI is InChI=1S/C16H18BrNO.ClH/c17-15-3-1-14-10-16(4-2-13(14)9-15)19-11-12-5-7-18-8-6-12;/h1-4,9-10,12,18H,5-8,11H2;1H. The molecule has 0 bridgehead atoms. The lowest BCUT2D eigenvalue weighted by Gasteiger charge is -2.22. The van der Waals surface area contributed by atoms with Gasteiger partial charge in [0.15, 0.2) is 0 Å². The zero-order chi connectivity index (χ0) is 13.1. The summed E-state index contributed by atoms with van der Waals surface area (Å²) in [6.45, 7) is 3.09.